The summed E-state index contributed by atoms with van der Waals surface area (Å²) >= 11 is 0. The van der Waals surface area contributed by atoms with Crippen molar-refractivity contribution in [3.63, 3.8) is 0 Å². The van der Waals surface area contributed by atoms with Crippen LogP contribution in [0.1, 0.15) is 52.5 Å². The number of amides is 1. The Labute approximate surface area is 283 Å². The van der Waals surface area contributed by atoms with Gasteiger partial charge in [-0.15, -0.1) is 0 Å². The van der Waals surface area contributed by atoms with Crippen LogP contribution in [0.4, 0.5) is 5.69 Å². The Morgan fingerprint density at radius 3 is 2.38 bits per heavy atom. The standard InChI is InChI=1S/C39H46N4O5/c1-4-42(33-14-18-46-19-15-33)36-24-32(31-12-10-30(11-13-31)27-41-16-20-47-21-17-41)23-35(29(36)3)39(44)40-25-37-38(22-28(2)26-43(37)45)48-34-8-6-5-7-9-34/h5-13,22-24,26,33H,4,14-21,25,27H2,1-3H3,(H,40,44). The molecule has 0 bridgehead atoms. The third-order valence-corrected chi connectivity index (χ3v) is 9.32. The van der Waals surface area contributed by atoms with Crippen molar-refractivity contribution < 1.29 is 23.7 Å². The number of nitrogens with zero attached hydrogens (tertiary/aromatic N) is 3. The predicted octanol–water partition coefficient (Wildman–Crippen LogP) is 6.16. The molecule has 1 aromatic heterocycles. The maximum Gasteiger partial charge on any atom is 0.254 e. The Kier molecular flexibility index (Phi) is 10.9. The van der Waals surface area contributed by atoms with Gasteiger partial charge in [0, 0.05) is 62.2 Å². The van der Waals surface area contributed by atoms with E-state index in [2.05, 4.69) is 52.4 Å². The topological polar surface area (TPSA) is 90.2 Å². The molecule has 0 atom stereocenters. The fourth-order valence-electron chi connectivity index (χ4n) is 6.67. The van der Waals surface area contributed by atoms with E-state index < -0.39 is 0 Å². The van der Waals surface area contributed by atoms with Gasteiger partial charge in [0.2, 0.25) is 0 Å². The molecule has 2 aliphatic rings. The maximum absolute atomic E-state index is 14.1. The smallest absolute Gasteiger partial charge is 0.254 e. The van der Waals surface area contributed by atoms with E-state index in [1.807, 2.05) is 56.3 Å². The van der Waals surface area contributed by atoms with Gasteiger partial charge in [0.1, 0.15) is 12.3 Å². The fourth-order valence-corrected chi connectivity index (χ4v) is 6.67. The molecule has 48 heavy (non-hydrogen) atoms. The quantitative estimate of drug-likeness (QED) is 0.154. The van der Waals surface area contributed by atoms with Gasteiger partial charge in [0.15, 0.2) is 11.9 Å². The number of ether oxygens (including phenoxy) is 3. The highest BCUT2D eigenvalue weighted by atomic mass is 16.5. The van der Waals surface area contributed by atoms with Gasteiger partial charge in [-0.25, -0.2) is 0 Å². The van der Waals surface area contributed by atoms with Crippen molar-refractivity contribution in [1.29, 1.82) is 0 Å². The predicted molar refractivity (Wildman–Crippen MR) is 187 cm³/mol. The van der Waals surface area contributed by atoms with Gasteiger partial charge >= 0.3 is 0 Å². The summed E-state index contributed by atoms with van der Waals surface area (Å²) in [5, 5.41) is 16.1. The largest absolute Gasteiger partial charge is 0.618 e. The van der Waals surface area contributed by atoms with E-state index in [1.54, 1.807) is 0 Å². The molecule has 252 valence electrons. The lowest BCUT2D eigenvalue weighted by Gasteiger charge is -2.37. The number of pyridine rings is 1. The molecule has 2 fully saturated rings. The number of rotatable bonds is 11. The van der Waals surface area contributed by atoms with Crippen LogP contribution < -0.4 is 19.7 Å². The molecule has 1 amide bonds. The SMILES string of the molecule is CCN(c1cc(-c2ccc(CN3CCOCC3)cc2)cc(C(=O)NCc2c(Oc3ccccc3)cc(C)c[n+]2[O-])c1C)C1CCOCC1. The number of aromatic nitrogens is 1. The summed E-state index contributed by atoms with van der Waals surface area (Å²) in [5.74, 6) is 0.790. The summed E-state index contributed by atoms with van der Waals surface area (Å²) < 4.78 is 18.1. The third-order valence-electron chi connectivity index (χ3n) is 9.32. The molecule has 0 unspecified atom stereocenters. The number of morpholine rings is 1. The van der Waals surface area contributed by atoms with E-state index in [9.17, 15) is 10.0 Å². The van der Waals surface area contributed by atoms with E-state index in [-0.39, 0.29) is 12.5 Å². The highest BCUT2D eigenvalue weighted by Gasteiger charge is 2.26. The molecular formula is C39H46N4O5. The van der Waals surface area contributed by atoms with Gasteiger partial charge < -0.3 is 29.6 Å². The second-order valence-electron chi connectivity index (χ2n) is 12.6. The number of para-hydroxylation sites is 1. The number of benzene rings is 3. The van der Waals surface area contributed by atoms with E-state index in [0.29, 0.717) is 28.8 Å². The Hall–Kier alpha value is -4.44. The third kappa shape index (κ3) is 7.98. The van der Waals surface area contributed by atoms with Crippen molar-refractivity contribution in [2.24, 2.45) is 0 Å². The van der Waals surface area contributed by atoms with Crippen molar-refractivity contribution in [2.45, 2.75) is 52.7 Å². The number of nitrogens with one attached hydrogen (secondary N) is 1. The summed E-state index contributed by atoms with van der Waals surface area (Å²) in [4.78, 5) is 18.9. The molecule has 0 spiro atoms. The normalized spacial score (nSPS) is 15.6. The first-order chi connectivity index (χ1) is 23.4. The highest BCUT2D eigenvalue weighted by Crippen LogP contribution is 2.34. The minimum atomic E-state index is -0.242. The number of aryl methyl sites for hydroxylation is 1. The summed E-state index contributed by atoms with van der Waals surface area (Å²) in [7, 11) is 0. The van der Waals surface area contributed by atoms with Crippen molar-refractivity contribution in [3.8, 4) is 22.6 Å². The summed E-state index contributed by atoms with van der Waals surface area (Å²) in [6.07, 6.45) is 3.38. The Morgan fingerprint density at radius 2 is 1.67 bits per heavy atom. The first-order valence-corrected chi connectivity index (χ1v) is 17.0. The minimum absolute atomic E-state index is 0.0114. The van der Waals surface area contributed by atoms with Gasteiger partial charge in [0.05, 0.1) is 13.2 Å². The van der Waals surface area contributed by atoms with Gasteiger partial charge in [-0.3, -0.25) is 9.69 Å². The summed E-state index contributed by atoms with van der Waals surface area (Å²) in [6.45, 7) is 12.6. The molecule has 9 nitrogen and oxygen atoms in total. The van der Waals surface area contributed by atoms with Crippen LogP contribution >= 0.6 is 0 Å². The first-order valence-electron chi connectivity index (χ1n) is 17.0. The van der Waals surface area contributed by atoms with Crippen LogP contribution in [0.5, 0.6) is 11.5 Å². The highest BCUT2D eigenvalue weighted by molar-refractivity contribution is 5.99. The van der Waals surface area contributed by atoms with Gasteiger partial charge in [-0.2, -0.15) is 4.73 Å². The van der Waals surface area contributed by atoms with Crippen LogP contribution in [0.15, 0.2) is 79.0 Å². The Morgan fingerprint density at radius 1 is 0.958 bits per heavy atom. The maximum atomic E-state index is 14.1. The van der Waals surface area contributed by atoms with E-state index in [0.717, 1.165) is 98.1 Å². The van der Waals surface area contributed by atoms with Crippen LogP contribution in [-0.4, -0.2) is 62.9 Å². The Bertz CT molecular complexity index is 1680. The number of hydrogen-bond acceptors (Lipinski definition) is 7. The van der Waals surface area contributed by atoms with Crippen LogP contribution in [0.2, 0.25) is 0 Å². The average molecular weight is 651 g/mol. The molecule has 0 aliphatic carbocycles. The molecule has 3 heterocycles. The van der Waals surface area contributed by atoms with E-state index in [1.165, 1.54) is 11.8 Å². The van der Waals surface area contributed by atoms with Crippen LogP contribution in [0.25, 0.3) is 11.1 Å². The number of carbonyl (C=O) groups is 1. The summed E-state index contributed by atoms with van der Waals surface area (Å²) in [6, 6.07) is 24.3. The zero-order chi connectivity index (χ0) is 33.5. The summed E-state index contributed by atoms with van der Waals surface area (Å²) in [5.41, 5.74) is 6.92. The molecular weight excluding hydrogens is 604 g/mol. The van der Waals surface area contributed by atoms with Crippen molar-refractivity contribution >= 4 is 11.6 Å². The molecule has 1 N–H and O–H groups in total. The second-order valence-corrected chi connectivity index (χ2v) is 12.6. The molecule has 2 saturated heterocycles. The molecule has 3 aromatic carbocycles. The molecule has 0 saturated carbocycles. The zero-order valence-corrected chi connectivity index (χ0v) is 28.2. The molecule has 9 heteroatoms. The molecule has 6 rings (SSSR count). The van der Waals surface area contributed by atoms with Crippen molar-refractivity contribution in [2.75, 3.05) is 51.0 Å². The zero-order valence-electron chi connectivity index (χ0n) is 28.2. The lowest BCUT2D eigenvalue weighted by atomic mass is 9.94. The molecule has 4 aromatic rings. The van der Waals surface area contributed by atoms with Gasteiger partial charge in [-0.1, -0.05) is 42.5 Å². The first kappa shape index (κ1) is 33.5. The van der Waals surface area contributed by atoms with Crippen molar-refractivity contribution in [3.05, 3.63) is 112 Å². The molecule has 0 radical (unpaired) electrons. The minimum Gasteiger partial charge on any atom is -0.618 e. The number of carbonyl (C=O) groups excluding carboxylic acids is 1. The second kappa shape index (κ2) is 15.6. The Balaban J connectivity index is 1.30. The average Bonchev–Trinajstić information content (AvgIpc) is 3.10. The van der Waals surface area contributed by atoms with E-state index in [4.69, 9.17) is 14.2 Å². The van der Waals surface area contributed by atoms with Crippen LogP contribution in [0.3, 0.4) is 0 Å². The van der Waals surface area contributed by atoms with Crippen LogP contribution in [0, 0.1) is 19.1 Å². The van der Waals surface area contributed by atoms with Crippen molar-refractivity contribution in [1.82, 2.24) is 10.2 Å². The van der Waals surface area contributed by atoms with Crippen LogP contribution in [-0.2, 0) is 22.6 Å². The lowest BCUT2D eigenvalue weighted by Crippen LogP contribution is -2.40. The van der Waals surface area contributed by atoms with Gasteiger partial charge in [0.25, 0.3) is 11.6 Å². The molecule has 2 aliphatic heterocycles. The lowest BCUT2D eigenvalue weighted by molar-refractivity contribution is -0.614. The number of anilines is 1. The number of hydrogen-bond donors (Lipinski definition) is 1. The fraction of sp³-hybridized carbons (Fsp3) is 0.385. The van der Waals surface area contributed by atoms with Gasteiger partial charge in [-0.05, 0) is 86.2 Å². The monoisotopic (exact) mass is 650 g/mol. The van der Waals surface area contributed by atoms with E-state index >= 15 is 0 Å².